The summed E-state index contributed by atoms with van der Waals surface area (Å²) >= 11 is 0. The van der Waals surface area contributed by atoms with E-state index >= 15 is 0 Å². The molecule has 4 nitrogen and oxygen atoms in total. The van der Waals surface area contributed by atoms with E-state index in [4.69, 9.17) is 11.0 Å². The van der Waals surface area contributed by atoms with E-state index in [2.05, 4.69) is 23.3 Å². The number of nitrogens with zero attached hydrogens (tertiary/aromatic N) is 2. The first-order chi connectivity index (χ1) is 8.22. The molecule has 0 amide bonds. The quantitative estimate of drug-likeness (QED) is 0.818. The van der Waals surface area contributed by atoms with Crippen LogP contribution >= 0.6 is 0 Å². The highest BCUT2D eigenvalue weighted by molar-refractivity contribution is 5.69. The van der Waals surface area contributed by atoms with Crippen LogP contribution in [0, 0.1) is 17.2 Å². The molecule has 1 aromatic rings. The average molecular weight is 230 g/mol. The smallest absolute Gasteiger partial charge is 0.150 e. The van der Waals surface area contributed by atoms with Crippen molar-refractivity contribution in [2.75, 3.05) is 11.1 Å². The number of nitrogens with one attached hydrogen (secondary N) is 1. The van der Waals surface area contributed by atoms with Crippen molar-refractivity contribution in [1.29, 1.82) is 5.26 Å². The molecule has 2 atom stereocenters. The molecule has 1 fully saturated rings. The van der Waals surface area contributed by atoms with Crippen molar-refractivity contribution in [1.82, 2.24) is 4.98 Å². The zero-order valence-corrected chi connectivity index (χ0v) is 10.1. The molecule has 90 valence electrons. The van der Waals surface area contributed by atoms with Gasteiger partial charge in [0.15, 0.2) is 5.82 Å². The molecule has 0 aromatic carbocycles. The molecule has 1 saturated carbocycles. The Morgan fingerprint density at radius 2 is 2.24 bits per heavy atom. The van der Waals surface area contributed by atoms with E-state index in [-0.39, 0.29) is 0 Å². The summed E-state index contributed by atoms with van der Waals surface area (Å²) in [6.45, 7) is 2.25. The lowest BCUT2D eigenvalue weighted by atomic mass is 9.86. The molecule has 0 radical (unpaired) electrons. The van der Waals surface area contributed by atoms with E-state index in [0.717, 1.165) is 6.42 Å². The lowest BCUT2D eigenvalue weighted by Gasteiger charge is -2.30. The molecular weight excluding hydrogens is 212 g/mol. The Morgan fingerprint density at radius 1 is 1.47 bits per heavy atom. The SMILES string of the molecule is CC1CCCCC1Nc1nccc(C#N)c1N. The summed E-state index contributed by atoms with van der Waals surface area (Å²) < 4.78 is 0. The lowest BCUT2D eigenvalue weighted by molar-refractivity contribution is 0.349. The van der Waals surface area contributed by atoms with Gasteiger partial charge in [0.2, 0.25) is 0 Å². The van der Waals surface area contributed by atoms with Gasteiger partial charge >= 0.3 is 0 Å². The Kier molecular flexibility index (Phi) is 3.48. The van der Waals surface area contributed by atoms with Gasteiger partial charge in [-0.3, -0.25) is 0 Å². The molecule has 1 aliphatic carbocycles. The normalized spacial score (nSPS) is 24.0. The van der Waals surface area contributed by atoms with Crippen molar-refractivity contribution in [3.05, 3.63) is 17.8 Å². The summed E-state index contributed by atoms with van der Waals surface area (Å²) in [5.74, 6) is 1.29. The van der Waals surface area contributed by atoms with Crippen LogP contribution in [0.15, 0.2) is 12.3 Å². The summed E-state index contributed by atoms with van der Waals surface area (Å²) in [5, 5.41) is 12.3. The van der Waals surface area contributed by atoms with Gasteiger partial charge in [-0.1, -0.05) is 19.8 Å². The lowest BCUT2D eigenvalue weighted by Crippen LogP contribution is -2.31. The first-order valence-electron chi connectivity index (χ1n) is 6.13. The highest BCUT2D eigenvalue weighted by Gasteiger charge is 2.22. The molecule has 0 aliphatic heterocycles. The van der Waals surface area contributed by atoms with Crippen molar-refractivity contribution in [2.24, 2.45) is 5.92 Å². The predicted molar refractivity (Wildman–Crippen MR) is 68.4 cm³/mol. The summed E-state index contributed by atoms with van der Waals surface area (Å²) in [6, 6.07) is 4.15. The van der Waals surface area contributed by atoms with Crippen molar-refractivity contribution < 1.29 is 0 Å². The van der Waals surface area contributed by atoms with E-state index in [1.54, 1.807) is 12.3 Å². The van der Waals surface area contributed by atoms with Crippen LogP contribution in [0.5, 0.6) is 0 Å². The summed E-state index contributed by atoms with van der Waals surface area (Å²) in [6.07, 6.45) is 6.58. The molecule has 0 saturated heterocycles. The fourth-order valence-corrected chi connectivity index (χ4v) is 2.39. The molecule has 0 spiro atoms. The molecule has 3 N–H and O–H groups in total. The fourth-order valence-electron chi connectivity index (χ4n) is 2.39. The average Bonchev–Trinajstić information content (AvgIpc) is 2.34. The number of rotatable bonds is 2. The predicted octanol–water partition coefficient (Wildman–Crippen LogP) is 2.53. The third kappa shape index (κ3) is 2.50. The molecule has 0 bridgehead atoms. The largest absolute Gasteiger partial charge is 0.395 e. The maximum atomic E-state index is 8.92. The number of nitriles is 1. The van der Waals surface area contributed by atoms with Crippen molar-refractivity contribution in [2.45, 2.75) is 38.6 Å². The van der Waals surface area contributed by atoms with Crippen LogP contribution in [-0.4, -0.2) is 11.0 Å². The van der Waals surface area contributed by atoms with Gasteiger partial charge < -0.3 is 11.1 Å². The number of hydrogen-bond donors (Lipinski definition) is 2. The first-order valence-corrected chi connectivity index (χ1v) is 6.13. The van der Waals surface area contributed by atoms with Gasteiger partial charge in [-0.25, -0.2) is 4.98 Å². The molecule has 1 aromatic heterocycles. The van der Waals surface area contributed by atoms with Gasteiger partial charge in [-0.2, -0.15) is 5.26 Å². The van der Waals surface area contributed by atoms with Crippen LogP contribution in [0.25, 0.3) is 0 Å². The van der Waals surface area contributed by atoms with E-state index in [1.165, 1.54) is 19.3 Å². The molecule has 2 unspecified atom stereocenters. The summed E-state index contributed by atoms with van der Waals surface area (Å²) in [5.41, 5.74) is 6.87. The van der Waals surface area contributed by atoms with Crippen LogP contribution in [0.3, 0.4) is 0 Å². The Balaban J connectivity index is 2.16. The molecular formula is C13H18N4. The monoisotopic (exact) mass is 230 g/mol. The maximum Gasteiger partial charge on any atom is 0.150 e. The van der Waals surface area contributed by atoms with Gasteiger partial charge in [-0.05, 0) is 24.8 Å². The van der Waals surface area contributed by atoms with Crippen LogP contribution in [-0.2, 0) is 0 Å². The Morgan fingerprint density at radius 3 is 2.94 bits per heavy atom. The number of anilines is 2. The third-order valence-corrected chi connectivity index (χ3v) is 3.54. The van der Waals surface area contributed by atoms with Gasteiger partial charge in [0.1, 0.15) is 6.07 Å². The molecule has 4 heteroatoms. The minimum Gasteiger partial charge on any atom is -0.395 e. The van der Waals surface area contributed by atoms with Gasteiger partial charge in [0.25, 0.3) is 0 Å². The maximum absolute atomic E-state index is 8.92. The van der Waals surface area contributed by atoms with Crippen LogP contribution < -0.4 is 11.1 Å². The number of pyridine rings is 1. The van der Waals surface area contributed by atoms with Gasteiger partial charge in [-0.15, -0.1) is 0 Å². The topological polar surface area (TPSA) is 74.7 Å². The number of nitrogens with two attached hydrogens (primary N) is 1. The summed E-state index contributed by atoms with van der Waals surface area (Å²) in [7, 11) is 0. The molecule has 1 aliphatic rings. The Labute approximate surface area is 102 Å². The Hall–Kier alpha value is -1.76. The van der Waals surface area contributed by atoms with Crippen LogP contribution in [0.1, 0.15) is 38.2 Å². The van der Waals surface area contributed by atoms with Gasteiger partial charge in [0, 0.05) is 12.2 Å². The Bertz CT molecular complexity index is 436. The number of nitrogen functional groups attached to an aromatic ring is 1. The van der Waals surface area contributed by atoms with Crippen molar-refractivity contribution >= 4 is 11.5 Å². The highest BCUT2D eigenvalue weighted by atomic mass is 15.0. The van der Waals surface area contributed by atoms with E-state index in [0.29, 0.717) is 29.0 Å². The zero-order valence-electron chi connectivity index (χ0n) is 10.1. The second-order valence-corrected chi connectivity index (χ2v) is 4.75. The van der Waals surface area contributed by atoms with Crippen molar-refractivity contribution in [3.63, 3.8) is 0 Å². The van der Waals surface area contributed by atoms with Crippen LogP contribution in [0.4, 0.5) is 11.5 Å². The van der Waals surface area contributed by atoms with Gasteiger partial charge in [0.05, 0.1) is 11.3 Å². The fraction of sp³-hybridized carbons (Fsp3) is 0.538. The second-order valence-electron chi connectivity index (χ2n) is 4.75. The first kappa shape index (κ1) is 11.7. The van der Waals surface area contributed by atoms with E-state index in [9.17, 15) is 0 Å². The highest BCUT2D eigenvalue weighted by Crippen LogP contribution is 2.28. The summed E-state index contributed by atoms with van der Waals surface area (Å²) in [4.78, 5) is 4.23. The third-order valence-electron chi connectivity index (χ3n) is 3.54. The minimum absolute atomic E-state index is 0.424. The molecule has 2 rings (SSSR count). The second kappa shape index (κ2) is 5.05. The zero-order chi connectivity index (χ0) is 12.3. The molecule has 17 heavy (non-hydrogen) atoms. The van der Waals surface area contributed by atoms with E-state index in [1.807, 2.05) is 0 Å². The van der Waals surface area contributed by atoms with E-state index < -0.39 is 0 Å². The standard InChI is InChI=1S/C13H18N4/c1-9-4-2-3-5-11(9)17-13-12(15)10(8-14)6-7-16-13/h6-7,9,11H,2-5,15H2,1H3,(H,16,17). The minimum atomic E-state index is 0.424. The number of aromatic nitrogens is 1. The number of hydrogen-bond acceptors (Lipinski definition) is 4. The van der Waals surface area contributed by atoms with Crippen LogP contribution in [0.2, 0.25) is 0 Å². The van der Waals surface area contributed by atoms with Crippen molar-refractivity contribution in [3.8, 4) is 6.07 Å². The molecule has 1 heterocycles.